The Morgan fingerprint density at radius 1 is 0.475 bits per heavy atom. The van der Waals surface area contributed by atoms with Gasteiger partial charge in [-0.25, -0.2) is 0 Å². The lowest BCUT2D eigenvalue weighted by molar-refractivity contribution is -0.144. The monoisotopic (exact) mass is 567 g/mol. The zero-order valence-electron chi connectivity index (χ0n) is 27.3. The summed E-state index contributed by atoms with van der Waals surface area (Å²) in [6.45, 7) is 7.30. The molecular formula is C36H70O4. The number of carboxylic acid groups (broad SMARTS) is 1. The van der Waals surface area contributed by atoms with Crippen molar-refractivity contribution in [3.63, 3.8) is 0 Å². The number of rotatable bonds is 30. The number of esters is 1. The van der Waals surface area contributed by atoms with Gasteiger partial charge in [-0.1, -0.05) is 155 Å². The first-order chi connectivity index (χ1) is 19.6. The van der Waals surface area contributed by atoms with Crippen LogP contribution >= 0.6 is 0 Å². The van der Waals surface area contributed by atoms with Crippen LogP contribution in [0.25, 0.3) is 0 Å². The molecule has 0 aromatic carbocycles. The van der Waals surface area contributed by atoms with Crippen LogP contribution in [-0.2, 0) is 14.3 Å². The maximum atomic E-state index is 11.8. The molecule has 0 atom stereocenters. The van der Waals surface area contributed by atoms with Gasteiger partial charge in [-0.3, -0.25) is 9.59 Å². The molecule has 0 aliphatic heterocycles. The molecule has 0 unspecified atom stereocenters. The van der Waals surface area contributed by atoms with Gasteiger partial charge in [0.05, 0.1) is 6.61 Å². The molecule has 1 N–H and O–H groups in total. The molecule has 4 heteroatoms. The Balaban J connectivity index is 0. The molecular weight excluding hydrogens is 496 g/mol. The highest BCUT2D eigenvalue weighted by Crippen LogP contribution is 2.11. The number of carbonyl (C=O) groups is 2. The summed E-state index contributed by atoms with van der Waals surface area (Å²) in [5.74, 6) is -0.660. The predicted octanol–water partition coefficient (Wildman–Crippen LogP) is 12.1. The minimum atomic E-state index is -0.670. The van der Waals surface area contributed by atoms with Gasteiger partial charge in [0.1, 0.15) is 0 Å². The van der Waals surface area contributed by atoms with Crippen molar-refractivity contribution in [2.24, 2.45) is 0 Å². The van der Waals surface area contributed by atoms with Crippen molar-refractivity contribution in [3.8, 4) is 0 Å². The first-order valence-corrected chi connectivity index (χ1v) is 17.6. The number of carboxylic acids is 1. The van der Waals surface area contributed by atoms with Crippen molar-refractivity contribution >= 4 is 11.9 Å². The summed E-state index contributed by atoms with van der Waals surface area (Å²) in [6, 6.07) is 0. The Kier molecular flexibility index (Phi) is 38.5. The van der Waals surface area contributed by atoms with Crippen molar-refractivity contribution in [2.75, 3.05) is 6.61 Å². The molecule has 0 fully saturated rings. The molecule has 40 heavy (non-hydrogen) atoms. The minimum absolute atomic E-state index is 0.00979. The molecule has 0 rings (SSSR count). The van der Waals surface area contributed by atoms with E-state index in [1.807, 2.05) is 0 Å². The summed E-state index contributed by atoms with van der Waals surface area (Å²) >= 11 is 0. The number of allylic oxidation sites excluding steroid dienone is 2. The van der Waals surface area contributed by atoms with Gasteiger partial charge in [-0.05, 0) is 44.9 Å². The highest BCUT2D eigenvalue weighted by Gasteiger charge is 2.02. The smallest absolute Gasteiger partial charge is 0.305 e. The summed E-state index contributed by atoms with van der Waals surface area (Å²) in [5.41, 5.74) is 0. The molecule has 0 amide bonds. The number of carbonyl (C=O) groups excluding carboxylic acids is 1. The first kappa shape index (κ1) is 40.8. The van der Waals surface area contributed by atoms with Gasteiger partial charge in [-0.2, -0.15) is 0 Å². The van der Waals surface area contributed by atoms with Gasteiger partial charge in [0.2, 0.25) is 0 Å². The van der Waals surface area contributed by atoms with Gasteiger partial charge < -0.3 is 9.84 Å². The molecule has 0 aliphatic carbocycles. The van der Waals surface area contributed by atoms with Crippen molar-refractivity contribution in [1.29, 1.82) is 0 Å². The van der Waals surface area contributed by atoms with Crippen LogP contribution in [0.4, 0.5) is 0 Å². The fourth-order valence-electron chi connectivity index (χ4n) is 4.71. The number of hydrogen-bond acceptors (Lipinski definition) is 3. The van der Waals surface area contributed by atoms with E-state index < -0.39 is 5.97 Å². The Labute approximate surface area is 250 Å². The lowest BCUT2D eigenvalue weighted by Crippen LogP contribution is -2.05. The fraction of sp³-hybridized carbons (Fsp3) is 0.889. The van der Waals surface area contributed by atoms with Crippen LogP contribution in [-0.4, -0.2) is 23.7 Å². The largest absolute Gasteiger partial charge is 0.481 e. The summed E-state index contributed by atoms with van der Waals surface area (Å²) in [5, 5.41) is 8.27. The van der Waals surface area contributed by atoms with E-state index >= 15 is 0 Å². The third-order valence-corrected chi connectivity index (χ3v) is 7.40. The summed E-state index contributed by atoms with van der Waals surface area (Å²) in [6.07, 6.45) is 38.3. The number of unbranched alkanes of at least 4 members (excludes halogenated alkanes) is 22. The summed E-state index contributed by atoms with van der Waals surface area (Å²) in [7, 11) is 0. The average Bonchev–Trinajstić information content (AvgIpc) is 2.94. The van der Waals surface area contributed by atoms with Crippen LogP contribution < -0.4 is 0 Å². The molecule has 0 heterocycles. The Hall–Kier alpha value is -1.32. The number of aliphatic carboxylic acids is 1. The van der Waals surface area contributed by atoms with Crippen molar-refractivity contribution in [2.45, 2.75) is 201 Å². The SMILES string of the molecule is CCCCCCCC(=O)O.CCCCCCCC/C=C\CCCCCCCC(=O)OCCCCCCCCCC. The maximum absolute atomic E-state index is 11.8. The van der Waals surface area contributed by atoms with Crippen LogP contribution in [0.3, 0.4) is 0 Å². The summed E-state index contributed by atoms with van der Waals surface area (Å²) in [4.78, 5) is 21.8. The second kappa shape index (κ2) is 37.7. The van der Waals surface area contributed by atoms with Crippen molar-refractivity contribution < 1.29 is 19.4 Å². The van der Waals surface area contributed by atoms with Crippen LogP contribution in [0.1, 0.15) is 201 Å². The number of hydrogen-bond donors (Lipinski definition) is 1. The molecule has 0 aliphatic rings. The standard InChI is InChI=1S/C28H54O2.C8H16O2/c1-3-5-7-9-11-13-14-15-16-17-18-19-20-22-24-26-28(29)30-27-25-23-21-12-10-8-6-4-2;1-2-3-4-5-6-7-8(9)10/h15-16H,3-14,17-27H2,1-2H3;2-7H2,1H3,(H,9,10)/b16-15-;. The maximum Gasteiger partial charge on any atom is 0.305 e. The normalized spacial score (nSPS) is 11.0. The highest BCUT2D eigenvalue weighted by molar-refractivity contribution is 5.69. The van der Waals surface area contributed by atoms with E-state index in [0.29, 0.717) is 19.4 Å². The van der Waals surface area contributed by atoms with Gasteiger partial charge in [0.25, 0.3) is 0 Å². The molecule has 0 aromatic heterocycles. The summed E-state index contributed by atoms with van der Waals surface area (Å²) < 4.78 is 5.36. The van der Waals surface area contributed by atoms with E-state index in [-0.39, 0.29) is 5.97 Å². The highest BCUT2D eigenvalue weighted by atomic mass is 16.5. The van der Waals surface area contributed by atoms with Crippen LogP contribution in [0.2, 0.25) is 0 Å². The molecule has 0 saturated carbocycles. The zero-order chi connectivity index (χ0) is 29.8. The van der Waals surface area contributed by atoms with Gasteiger partial charge in [-0.15, -0.1) is 0 Å². The van der Waals surface area contributed by atoms with Crippen LogP contribution in [0, 0.1) is 0 Å². The van der Waals surface area contributed by atoms with Crippen LogP contribution in [0.5, 0.6) is 0 Å². The molecule has 0 bridgehead atoms. The lowest BCUT2D eigenvalue weighted by Gasteiger charge is -2.05. The van der Waals surface area contributed by atoms with E-state index in [1.54, 1.807) is 0 Å². The van der Waals surface area contributed by atoms with E-state index in [2.05, 4.69) is 32.9 Å². The Bertz CT molecular complexity index is 529. The molecule has 0 radical (unpaired) electrons. The Morgan fingerprint density at radius 2 is 0.825 bits per heavy atom. The van der Waals surface area contributed by atoms with Crippen molar-refractivity contribution in [3.05, 3.63) is 12.2 Å². The molecule has 4 nitrogen and oxygen atoms in total. The van der Waals surface area contributed by atoms with Gasteiger partial charge in [0, 0.05) is 12.8 Å². The fourth-order valence-corrected chi connectivity index (χ4v) is 4.71. The van der Waals surface area contributed by atoms with E-state index in [4.69, 9.17) is 9.84 Å². The topological polar surface area (TPSA) is 63.6 Å². The van der Waals surface area contributed by atoms with E-state index in [9.17, 15) is 9.59 Å². The second-order valence-electron chi connectivity index (χ2n) is 11.6. The Morgan fingerprint density at radius 3 is 1.25 bits per heavy atom. The third kappa shape index (κ3) is 41.2. The number of ether oxygens (including phenoxy) is 1. The lowest BCUT2D eigenvalue weighted by atomic mass is 10.1. The van der Waals surface area contributed by atoms with Crippen LogP contribution in [0.15, 0.2) is 12.2 Å². The molecule has 0 spiro atoms. The van der Waals surface area contributed by atoms with Crippen molar-refractivity contribution in [1.82, 2.24) is 0 Å². The predicted molar refractivity (Wildman–Crippen MR) is 174 cm³/mol. The van der Waals surface area contributed by atoms with Gasteiger partial charge >= 0.3 is 11.9 Å². The molecule has 238 valence electrons. The minimum Gasteiger partial charge on any atom is -0.481 e. The first-order valence-electron chi connectivity index (χ1n) is 17.6. The molecule has 0 saturated heterocycles. The quantitative estimate of drug-likeness (QED) is 0.0533. The molecule has 0 aromatic rings. The third-order valence-electron chi connectivity index (χ3n) is 7.40. The zero-order valence-corrected chi connectivity index (χ0v) is 27.3. The van der Waals surface area contributed by atoms with Gasteiger partial charge in [0.15, 0.2) is 0 Å². The average molecular weight is 567 g/mol. The van der Waals surface area contributed by atoms with E-state index in [1.165, 1.54) is 135 Å². The van der Waals surface area contributed by atoms with E-state index in [0.717, 1.165) is 32.1 Å². The second-order valence-corrected chi connectivity index (χ2v) is 11.6.